The minimum Gasteiger partial charge on any atom is -0.419 e. The molecule has 2 aromatic rings. The van der Waals surface area contributed by atoms with Crippen LogP contribution < -0.4 is 5.32 Å². The number of hydrogen-bond donors (Lipinski definition) is 1. The lowest BCUT2D eigenvalue weighted by Crippen LogP contribution is -2.44. The lowest BCUT2D eigenvalue weighted by atomic mass is 9.98. The largest absolute Gasteiger partial charge is 0.419 e. The summed E-state index contributed by atoms with van der Waals surface area (Å²) in [7, 11) is 0. The van der Waals surface area contributed by atoms with Gasteiger partial charge in [0.1, 0.15) is 12.1 Å². The molecule has 2 fully saturated rings. The summed E-state index contributed by atoms with van der Waals surface area (Å²) in [6.07, 6.45) is 3.30. The van der Waals surface area contributed by atoms with Gasteiger partial charge in [-0.1, -0.05) is 28.8 Å². The maximum atomic E-state index is 12.6. The standard InChI is InChI=1S/C16H15BrN4O3/c17-11-5-3-10(4-6-11)13-20-19-12(24-13)9-21-14(22)16(18-15(21)23)7-1-2-8-16/h3-6H,1-2,7-9H2,(H,18,23). The van der Waals surface area contributed by atoms with Crippen molar-refractivity contribution in [3.63, 3.8) is 0 Å². The third-order valence-corrected chi connectivity index (χ3v) is 5.08. The van der Waals surface area contributed by atoms with Crippen LogP contribution in [0.25, 0.3) is 11.5 Å². The van der Waals surface area contributed by atoms with Gasteiger partial charge in [0.15, 0.2) is 0 Å². The number of amides is 3. The van der Waals surface area contributed by atoms with Crippen molar-refractivity contribution in [2.45, 2.75) is 37.8 Å². The second-order valence-electron chi connectivity index (χ2n) is 6.12. The highest BCUT2D eigenvalue weighted by atomic mass is 79.9. The highest BCUT2D eigenvalue weighted by molar-refractivity contribution is 9.10. The number of halogens is 1. The Morgan fingerprint density at radius 3 is 2.58 bits per heavy atom. The van der Waals surface area contributed by atoms with E-state index in [0.717, 1.165) is 22.9 Å². The van der Waals surface area contributed by atoms with Crippen LogP contribution in [-0.4, -0.2) is 32.6 Å². The fraction of sp³-hybridized carbons (Fsp3) is 0.375. The van der Waals surface area contributed by atoms with Crippen molar-refractivity contribution in [3.8, 4) is 11.5 Å². The molecule has 1 aliphatic heterocycles. The van der Waals surface area contributed by atoms with Gasteiger partial charge in [-0.15, -0.1) is 10.2 Å². The molecule has 1 saturated carbocycles. The molecule has 3 amide bonds. The number of benzene rings is 1. The molecule has 2 aliphatic rings. The van der Waals surface area contributed by atoms with Crippen LogP contribution in [0.1, 0.15) is 31.6 Å². The molecule has 0 bridgehead atoms. The Bertz CT molecular complexity index is 796. The van der Waals surface area contributed by atoms with Gasteiger partial charge in [-0.2, -0.15) is 0 Å². The third kappa shape index (κ3) is 2.50. The summed E-state index contributed by atoms with van der Waals surface area (Å²) in [4.78, 5) is 25.9. The number of nitrogens with one attached hydrogen (secondary N) is 1. The predicted octanol–water partition coefficient (Wildman–Crippen LogP) is 2.86. The molecule has 0 unspecified atom stereocenters. The minimum atomic E-state index is -0.717. The summed E-state index contributed by atoms with van der Waals surface area (Å²) >= 11 is 3.37. The van der Waals surface area contributed by atoms with Crippen LogP contribution in [0.2, 0.25) is 0 Å². The normalized spacial score (nSPS) is 19.3. The smallest absolute Gasteiger partial charge is 0.325 e. The third-order valence-electron chi connectivity index (χ3n) is 4.55. The summed E-state index contributed by atoms with van der Waals surface area (Å²) in [6.45, 7) is -0.00402. The second-order valence-corrected chi connectivity index (χ2v) is 7.03. The average molecular weight is 391 g/mol. The van der Waals surface area contributed by atoms with Gasteiger partial charge in [-0.3, -0.25) is 9.69 Å². The first-order chi connectivity index (χ1) is 11.6. The van der Waals surface area contributed by atoms with Gasteiger partial charge < -0.3 is 9.73 Å². The van der Waals surface area contributed by atoms with E-state index >= 15 is 0 Å². The quantitative estimate of drug-likeness (QED) is 0.813. The van der Waals surface area contributed by atoms with Crippen LogP contribution >= 0.6 is 15.9 Å². The lowest BCUT2D eigenvalue weighted by Gasteiger charge is -2.19. The van der Waals surface area contributed by atoms with Crippen molar-refractivity contribution in [1.82, 2.24) is 20.4 Å². The van der Waals surface area contributed by atoms with E-state index in [2.05, 4.69) is 31.4 Å². The van der Waals surface area contributed by atoms with E-state index in [4.69, 9.17) is 4.42 Å². The number of aromatic nitrogens is 2. The molecule has 1 spiro atoms. The summed E-state index contributed by atoms with van der Waals surface area (Å²) in [5.74, 6) is 0.417. The zero-order valence-electron chi connectivity index (χ0n) is 12.8. The molecule has 0 atom stereocenters. The minimum absolute atomic E-state index is 0.00402. The SMILES string of the molecule is O=C1NC2(CCCC2)C(=O)N1Cc1nnc(-c2ccc(Br)cc2)o1. The van der Waals surface area contributed by atoms with E-state index < -0.39 is 5.54 Å². The fourth-order valence-electron chi connectivity index (χ4n) is 3.30. The van der Waals surface area contributed by atoms with E-state index in [0.29, 0.717) is 18.7 Å². The molecule has 1 saturated heterocycles. The predicted molar refractivity (Wildman–Crippen MR) is 87.7 cm³/mol. The Hall–Kier alpha value is -2.22. The zero-order chi connectivity index (χ0) is 16.7. The number of imide groups is 1. The Balaban J connectivity index is 1.53. The van der Waals surface area contributed by atoms with Gasteiger partial charge >= 0.3 is 6.03 Å². The van der Waals surface area contributed by atoms with Crippen molar-refractivity contribution in [3.05, 3.63) is 34.6 Å². The molecule has 7 nitrogen and oxygen atoms in total. The van der Waals surface area contributed by atoms with Gasteiger partial charge in [-0.25, -0.2) is 4.79 Å². The molecule has 24 heavy (non-hydrogen) atoms. The first kappa shape index (κ1) is 15.3. The van der Waals surface area contributed by atoms with Crippen LogP contribution in [0.5, 0.6) is 0 Å². The van der Waals surface area contributed by atoms with Crippen LogP contribution in [0, 0.1) is 0 Å². The Morgan fingerprint density at radius 1 is 1.17 bits per heavy atom. The van der Waals surface area contributed by atoms with Crippen LogP contribution in [0.4, 0.5) is 4.79 Å². The van der Waals surface area contributed by atoms with Gasteiger partial charge in [0.25, 0.3) is 5.91 Å². The molecular weight excluding hydrogens is 376 g/mol. The fourth-order valence-corrected chi connectivity index (χ4v) is 3.56. The molecular formula is C16H15BrN4O3. The summed E-state index contributed by atoms with van der Waals surface area (Å²) in [5, 5.41) is 10.8. The van der Waals surface area contributed by atoms with E-state index in [1.165, 1.54) is 4.90 Å². The van der Waals surface area contributed by atoms with Crippen LogP contribution in [0.15, 0.2) is 33.2 Å². The monoisotopic (exact) mass is 390 g/mol. The number of hydrogen-bond acceptors (Lipinski definition) is 5. The summed E-state index contributed by atoms with van der Waals surface area (Å²) in [5.41, 5.74) is 0.0625. The van der Waals surface area contributed by atoms with Gasteiger partial charge in [0.2, 0.25) is 11.8 Å². The van der Waals surface area contributed by atoms with Crippen LogP contribution in [-0.2, 0) is 11.3 Å². The summed E-state index contributed by atoms with van der Waals surface area (Å²) < 4.78 is 6.56. The molecule has 0 radical (unpaired) electrons. The van der Waals surface area contributed by atoms with Crippen LogP contribution in [0.3, 0.4) is 0 Å². The van der Waals surface area contributed by atoms with Crippen molar-refractivity contribution < 1.29 is 14.0 Å². The Kier molecular flexibility index (Phi) is 3.64. The van der Waals surface area contributed by atoms with Gasteiger partial charge in [0, 0.05) is 10.0 Å². The summed E-state index contributed by atoms with van der Waals surface area (Å²) in [6, 6.07) is 7.07. The maximum absolute atomic E-state index is 12.6. The molecule has 8 heteroatoms. The van der Waals surface area contributed by atoms with Gasteiger partial charge in [-0.05, 0) is 37.1 Å². The molecule has 1 N–H and O–H groups in total. The lowest BCUT2D eigenvalue weighted by molar-refractivity contribution is -0.131. The highest BCUT2D eigenvalue weighted by Crippen LogP contribution is 2.35. The number of nitrogens with zero attached hydrogens (tertiary/aromatic N) is 3. The number of rotatable bonds is 3. The van der Waals surface area contributed by atoms with Gasteiger partial charge in [0.05, 0.1) is 0 Å². The molecule has 1 aliphatic carbocycles. The van der Waals surface area contributed by atoms with Crippen molar-refractivity contribution >= 4 is 27.9 Å². The highest BCUT2D eigenvalue weighted by Gasteiger charge is 2.52. The molecule has 2 heterocycles. The zero-order valence-corrected chi connectivity index (χ0v) is 14.4. The Morgan fingerprint density at radius 2 is 1.88 bits per heavy atom. The second kappa shape index (κ2) is 5.70. The number of urea groups is 1. The maximum Gasteiger partial charge on any atom is 0.325 e. The first-order valence-electron chi connectivity index (χ1n) is 7.80. The molecule has 124 valence electrons. The number of carbonyl (C=O) groups is 2. The van der Waals surface area contributed by atoms with Crippen molar-refractivity contribution in [2.75, 3.05) is 0 Å². The molecule has 1 aromatic heterocycles. The molecule has 1 aromatic carbocycles. The first-order valence-corrected chi connectivity index (χ1v) is 8.59. The Labute approximate surface area is 146 Å². The average Bonchev–Trinajstić information content (AvgIpc) is 3.27. The van der Waals surface area contributed by atoms with E-state index in [1.807, 2.05) is 24.3 Å². The van der Waals surface area contributed by atoms with Crippen molar-refractivity contribution in [2.24, 2.45) is 0 Å². The number of carbonyl (C=O) groups excluding carboxylic acids is 2. The van der Waals surface area contributed by atoms with Crippen molar-refractivity contribution in [1.29, 1.82) is 0 Å². The molecule has 4 rings (SSSR count). The van der Waals surface area contributed by atoms with E-state index in [9.17, 15) is 9.59 Å². The topological polar surface area (TPSA) is 88.3 Å². The van der Waals surface area contributed by atoms with E-state index in [1.54, 1.807) is 0 Å². The van der Waals surface area contributed by atoms with E-state index in [-0.39, 0.29) is 24.4 Å².